The van der Waals surface area contributed by atoms with Crippen LogP contribution in [-0.4, -0.2) is 0 Å². The minimum Gasteiger partial charge on any atom is -0.0955 e. The molecule has 0 amide bonds. The van der Waals surface area contributed by atoms with Crippen LogP contribution in [0.5, 0.6) is 0 Å². The van der Waals surface area contributed by atoms with E-state index in [1.807, 2.05) is 0 Å². The molecule has 4 aliphatic carbocycles. The molecule has 0 heterocycles. The Bertz CT molecular complexity index is 336. The molecule has 82 valence electrons. The molecule has 0 radical (unpaired) electrons. The van der Waals surface area contributed by atoms with Crippen LogP contribution in [0.1, 0.15) is 33.6 Å². The summed E-state index contributed by atoms with van der Waals surface area (Å²) in [5.74, 6) is 4.41. The third kappa shape index (κ3) is 0.984. The van der Waals surface area contributed by atoms with Crippen LogP contribution in [0.4, 0.5) is 0 Å². The highest BCUT2D eigenvalue weighted by atomic mass is 14.7. The Hall–Kier alpha value is -0.520. The van der Waals surface area contributed by atoms with Gasteiger partial charge in [0.1, 0.15) is 0 Å². The maximum atomic E-state index is 4.27. The van der Waals surface area contributed by atoms with Crippen LogP contribution in [0, 0.1) is 35.0 Å². The van der Waals surface area contributed by atoms with Crippen LogP contribution < -0.4 is 0 Å². The zero-order chi connectivity index (χ0) is 10.8. The highest BCUT2D eigenvalue weighted by Crippen LogP contribution is 2.71. The summed E-state index contributed by atoms with van der Waals surface area (Å²) in [4.78, 5) is 0. The molecule has 0 spiro atoms. The van der Waals surface area contributed by atoms with Gasteiger partial charge in [-0.25, -0.2) is 0 Å². The molecule has 2 saturated carbocycles. The Morgan fingerprint density at radius 2 is 2.20 bits per heavy atom. The van der Waals surface area contributed by atoms with Gasteiger partial charge in [-0.2, -0.15) is 0 Å². The van der Waals surface area contributed by atoms with Gasteiger partial charge in [0.05, 0.1) is 0 Å². The molecule has 2 fully saturated rings. The molecule has 4 bridgehead atoms. The Labute approximate surface area is 93.5 Å². The summed E-state index contributed by atoms with van der Waals surface area (Å²) in [6, 6.07) is 0. The van der Waals surface area contributed by atoms with Crippen molar-refractivity contribution in [1.82, 2.24) is 0 Å². The van der Waals surface area contributed by atoms with Crippen molar-refractivity contribution in [2.75, 3.05) is 0 Å². The summed E-state index contributed by atoms with van der Waals surface area (Å²) >= 11 is 0. The molecule has 0 N–H and O–H groups in total. The largest absolute Gasteiger partial charge is 0.0955 e. The summed E-state index contributed by atoms with van der Waals surface area (Å²) in [5, 5.41) is 0. The molecule has 0 aromatic carbocycles. The molecule has 0 saturated heterocycles. The van der Waals surface area contributed by atoms with Gasteiger partial charge in [-0.1, -0.05) is 45.1 Å². The summed E-state index contributed by atoms with van der Waals surface area (Å²) in [6.07, 6.45) is 7.62. The second-order valence-electron chi connectivity index (χ2n) is 6.47. The lowest BCUT2D eigenvalue weighted by Gasteiger charge is -2.69. The number of allylic oxidation sites excluding steroid dienone is 3. The molecule has 0 aliphatic heterocycles. The van der Waals surface area contributed by atoms with Crippen LogP contribution in [-0.2, 0) is 0 Å². The van der Waals surface area contributed by atoms with E-state index in [0.717, 1.165) is 29.6 Å². The Kier molecular flexibility index (Phi) is 1.80. The second kappa shape index (κ2) is 2.78. The van der Waals surface area contributed by atoms with E-state index in [9.17, 15) is 0 Å². The molecule has 0 aromatic heterocycles. The predicted octanol–water partition coefficient (Wildman–Crippen LogP) is 4.05. The molecule has 0 aromatic rings. The topological polar surface area (TPSA) is 0 Å². The molecular formula is C15H22. The van der Waals surface area contributed by atoms with Crippen LogP contribution in [0.2, 0.25) is 0 Å². The molecular weight excluding hydrogens is 180 g/mol. The van der Waals surface area contributed by atoms with E-state index in [2.05, 4.69) is 39.5 Å². The average Bonchev–Trinajstić information content (AvgIpc) is 2.17. The quantitative estimate of drug-likeness (QED) is 0.602. The van der Waals surface area contributed by atoms with E-state index in [-0.39, 0.29) is 0 Å². The van der Waals surface area contributed by atoms with Crippen molar-refractivity contribution >= 4 is 0 Å². The fourth-order valence-corrected chi connectivity index (χ4v) is 4.81. The second-order valence-corrected chi connectivity index (χ2v) is 6.47. The van der Waals surface area contributed by atoms with Crippen LogP contribution in [0.15, 0.2) is 24.3 Å². The van der Waals surface area contributed by atoms with Crippen molar-refractivity contribution in [1.29, 1.82) is 0 Å². The zero-order valence-electron chi connectivity index (χ0n) is 10.2. The highest BCUT2D eigenvalue weighted by Gasteiger charge is 2.64. The maximum absolute atomic E-state index is 4.27. The first kappa shape index (κ1) is 9.69. The predicted molar refractivity (Wildman–Crippen MR) is 64.4 cm³/mol. The molecule has 5 atom stereocenters. The first-order valence-corrected chi connectivity index (χ1v) is 6.42. The highest BCUT2D eigenvalue weighted by molar-refractivity contribution is 5.37. The van der Waals surface area contributed by atoms with Gasteiger partial charge in [-0.15, -0.1) is 0 Å². The van der Waals surface area contributed by atoms with E-state index in [1.54, 1.807) is 0 Å². The lowest BCUT2D eigenvalue weighted by atomic mass is 9.35. The molecule has 0 unspecified atom stereocenters. The monoisotopic (exact) mass is 202 g/mol. The summed E-state index contributed by atoms with van der Waals surface area (Å²) in [5.41, 5.74) is 2.00. The molecule has 0 heteroatoms. The summed E-state index contributed by atoms with van der Waals surface area (Å²) < 4.78 is 0. The third-order valence-electron chi connectivity index (χ3n) is 5.56. The first-order chi connectivity index (χ1) is 7.05. The fraction of sp³-hybridized carbons (Fsp3) is 0.733. The van der Waals surface area contributed by atoms with Gasteiger partial charge in [0.2, 0.25) is 0 Å². The van der Waals surface area contributed by atoms with Gasteiger partial charge >= 0.3 is 0 Å². The lowest BCUT2D eigenvalue weighted by molar-refractivity contribution is -0.156. The standard InChI is InChI=1S/C15H22/c1-9(2)11-7-8-15(4)12-6-5-10(3)14(15)13(11)12/h5-6,9,11-14H,3,7-8H2,1-2,4H3/t11-,12+,13+,14-,15-/m0/s1. The Morgan fingerprint density at radius 1 is 1.47 bits per heavy atom. The minimum absolute atomic E-state index is 0.585. The van der Waals surface area contributed by atoms with Gasteiger partial charge in [-0.05, 0) is 47.8 Å². The van der Waals surface area contributed by atoms with E-state index < -0.39 is 0 Å². The summed E-state index contributed by atoms with van der Waals surface area (Å²) in [7, 11) is 0. The average molecular weight is 202 g/mol. The smallest absolute Gasteiger partial charge is 0.00713 e. The Morgan fingerprint density at radius 3 is 2.80 bits per heavy atom. The van der Waals surface area contributed by atoms with Gasteiger partial charge in [0, 0.05) is 0 Å². The van der Waals surface area contributed by atoms with Crippen molar-refractivity contribution in [3.8, 4) is 0 Å². The van der Waals surface area contributed by atoms with Gasteiger partial charge in [0.25, 0.3) is 0 Å². The molecule has 15 heavy (non-hydrogen) atoms. The van der Waals surface area contributed by atoms with Crippen molar-refractivity contribution in [2.24, 2.45) is 35.0 Å². The van der Waals surface area contributed by atoms with Crippen molar-refractivity contribution in [3.05, 3.63) is 24.3 Å². The van der Waals surface area contributed by atoms with Crippen LogP contribution >= 0.6 is 0 Å². The summed E-state index contributed by atoms with van der Waals surface area (Å²) in [6.45, 7) is 11.6. The number of rotatable bonds is 1. The van der Waals surface area contributed by atoms with Crippen molar-refractivity contribution in [3.63, 3.8) is 0 Å². The normalized spacial score (nSPS) is 51.9. The number of hydrogen-bond acceptors (Lipinski definition) is 0. The van der Waals surface area contributed by atoms with Crippen molar-refractivity contribution in [2.45, 2.75) is 33.6 Å². The third-order valence-corrected chi connectivity index (χ3v) is 5.56. The van der Waals surface area contributed by atoms with Gasteiger partial charge in [0.15, 0.2) is 0 Å². The van der Waals surface area contributed by atoms with Gasteiger partial charge < -0.3 is 0 Å². The van der Waals surface area contributed by atoms with Crippen molar-refractivity contribution < 1.29 is 0 Å². The lowest BCUT2D eigenvalue weighted by Crippen LogP contribution is -2.63. The Balaban J connectivity index is 1.98. The minimum atomic E-state index is 0.585. The molecule has 0 nitrogen and oxygen atoms in total. The van der Waals surface area contributed by atoms with E-state index in [0.29, 0.717) is 5.41 Å². The number of fused-ring (bicyclic) bond motifs is 1. The number of hydrogen-bond donors (Lipinski definition) is 0. The zero-order valence-corrected chi connectivity index (χ0v) is 10.2. The first-order valence-electron chi connectivity index (χ1n) is 6.42. The van der Waals surface area contributed by atoms with E-state index >= 15 is 0 Å². The fourth-order valence-electron chi connectivity index (χ4n) is 4.81. The maximum Gasteiger partial charge on any atom is -0.00713 e. The molecule has 4 rings (SSSR count). The SMILES string of the molecule is C=C1C=C[C@@H]2[C@H]3[C@H](C(C)C)CC[C@]2(C)[C@@H]13. The molecule has 4 aliphatic rings. The van der Waals surface area contributed by atoms with E-state index in [4.69, 9.17) is 0 Å². The van der Waals surface area contributed by atoms with Crippen LogP contribution in [0.25, 0.3) is 0 Å². The van der Waals surface area contributed by atoms with E-state index in [1.165, 1.54) is 18.4 Å². The van der Waals surface area contributed by atoms with Gasteiger partial charge in [-0.3, -0.25) is 0 Å². The van der Waals surface area contributed by atoms with Crippen LogP contribution in [0.3, 0.4) is 0 Å².